The molecule has 16 heavy (non-hydrogen) atoms. The smallest absolute Gasteiger partial charge is 0.321 e. The van der Waals surface area contributed by atoms with Crippen LogP contribution >= 0.6 is 0 Å². The Morgan fingerprint density at radius 3 is 2.69 bits per heavy atom. The summed E-state index contributed by atoms with van der Waals surface area (Å²) in [6.45, 7) is 1.77. The maximum absolute atomic E-state index is 11.7. The highest BCUT2D eigenvalue weighted by atomic mass is 32.2. The van der Waals surface area contributed by atoms with Crippen LogP contribution in [0.25, 0.3) is 0 Å². The Hall–Kier alpha value is -1.56. The monoisotopic (exact) mass is 243 g/mol. The number of carbonyl (C=O) groups is 1. The van der Waals surface area contributed by atoms with Crippen LogP contribution in [-0.2, 0) is 19.4 Å². The summed E-state index contributed by atoms with van der Waals surface area (Å²) >= 11 is 0. The minimum atomic E-state index is -3.66. The van der Waals surface area contributed by atoms with Crippen molar-refractivity contribution in [2.75, 3.05) is 18.1 Å². The number of carbonyl (C=O) groups excluding carboxylic acids is 1. The van der Waals surface area contributed by atoms with Crippen molar-refractivity contribution in [2.24, 2.45) is 0 Å². The van der Waals surface area contributed by atoms with E-state index in [0.717, 1.165) is 0 Å². The summed E-state index contributed by atoms with van der Waals surface area (Å²) in [7, 11) is -3.66. The molecule has 0 bridgehead atoms. The molecule has 0 fully saturated rings. The van der Waals surface area contributed by atoms with Gasteiger partial charge in [0.05, 0.1) is 11.5 Å². The highest BCUT2D eigenvalue weighted by molar-refractivity contribution is 7.92. The number of hydrogen-bond acceptors (Lipinski definition) is 5. The molecule has 0 unspecified atom stereocenters. The fourth-order valence-electron chi connectivity index (χ4n) is 1.15. The van der Waals surface area contributed by atoms with Gasteiger partial charge in [-0.05, 0) is 25.1 Å². The Balaban J connectivity index is 2.90. The molecule has 0 amide bonds. The van der Waals surface area contributed by atoms with E-state index in [1.165, 1.54) is 18.2 Å². The molecule has 1 aromatic rings. The summed E-state index contributed by atoms with van der Waals surface area (Å²) in [6.07, 6.45) is 0. The van der Waals surface area contributed by atoms with E-state index in [-0.39, 0.29) is 11.5 Å². The summed E-state index contributed by atoms with van der Waals surface area (Å²) in [5, 5.41) is 0. The Morgan fingerprint density at radius 1 is 1.44 bits per heavy atom. The van der Waals surface area contributed by atoms with Crippen molar-refractivity contribution in [3.63, 3.8) is 0 Å². The molecule has 0 saturated heterocycles. The second-order valence-electron chi connectivity index (χ2n) is 3.14. The normalized spacial score (nSPS) is 11.1. The van der Waals surface area contributed by atoms with E-state index in [0.29, 0.717) is 5.69 Å². The molecule has 1 aromatic carbocycles. The molecule has 0 spiro atoms. The SMILES string of the molecule is CCOC(=O)CS(=O)(=O)c1cccc(N)c1. The number of ether oxygens (including phenoxy) is 1. The molecule has 0 aliphatic carbocycles. The molecule has 0 heterocycles. The molecule has 0 atom stereocenters. The zero-order valence-electron chi connectivity index (χ0n) is 8.84. The molecule has 88 valence electrons. The number of hydrogen-bond donors (Lipinski definition) is 1. The van der Waals surface area contributed by atoms with Crippen molar-refractivity contribution in [3.05, 3.63) is 24.3 Å². The van der Waals surface area contributed by atoms with Crippen LogP contribution in [0.15, 0.2) is 29.2 Å². The van der Waals surface area contributed by atoms with E-state index in [4.69, 9.17) is 5.73 Å². The summed E-state index contributed by atoms with van der Waals surface area (Å²) in [5.74, 6) is -1.42. The fourth-order valence-corrected chi connectivity index (χ4v) is 2.31. The molecule has 0 radical (unpaired) electrons. The zero-order valence-corrected chi connectivity index (χ0v) is 9.66. The van der Waals surface area contributed by atoms with Crippen LogP contribution in [0.5, 0.6) is 0 Å². The van der Waals surface area contributed by atoms with Gasteiger partial charge in [0, 0.05) is 5.69 Å². The lowest BCUT2D eigenvalue weighted by molar-refractivity contribution is -0.139. The number of esters is 1. The average molecular weight is 243 g/mol. The Labute approximate surface area is 94.1 Å². The van der Waals surface area contributed by atoms with Crippen molar-refractivity contribution in [3.8, 4) is 0 Å². The van der Waals surface area contributed by atoms with E-state index in [9.17, 15) is 13.2 Å². The zero-order chi connectivity index (χ0) is 12.2. The van der Waals surface area contributed by atoms with Gasteiger partial charge in [0.15, 0.2) is 15.6 Å². The van der Waals surface area contributed by atoms with E-state index >= 15 is 0 Å². The molecule has 0 aliphatic heterocycles. The summed E-state index contributed by atoms with van der Waals surface area (Å²) < 4.78 is 28.0. The van der Waals surface area contributed by atoms with Gasteiger partial charge >= 0.3 is 5.97 Å². The van der Waals surface area contributed by atoms with Gasteiger partial charge in [-0.1, -0.05) is 6.07 Å². The maximum atomic E-state index is 11.7. The molecular formula is C10H13NO4S. The lowest BCUT2D eigenvalue weighted by Gasteiger charge is -2.04. The van der Waals surface area contributed by atoms with Gasteiger partial charge in [-0.2, -0.15) is 0 Å². The molecule has 2 N–H and O–H groups in total. The Morgan fingerprint density at radius 2 is 2.12 bits per heavy atom. The Bertz CT molecular complexity index is 481. The first-order valence-corrected chi connectivity index (χ1v) is 6.35. The Kier molecular flexibility index (Phi) is 3.89. The third-order valence-corrected chi connectivity index (χ3v) is 3.42. The highest BCUT2D eigenvalue weighted by Gasteiger charge is 2.20. The first-order valence-electron chi connectivity index (χ1n) is 4.69. The molecule has 0 aliphatic rings. The van der Waals surface area contributed by atoms with Crippen molar-refractivity contribution >= 4 is 21.5 Å². The van der Waals surface area contributed by atoms with Gasteiger partial charge in [0.2, 0.25) is 0 Å². The molecule has 6 heteroatoms. The predicted octanol–water partition coefficient (Wildman–Crippen LogP) is 0.606. The minimum Gasteiger partial charge on any atom is -0.465 e. The third-order valence-electron chi connectivity index (χ3n) is 1.83. The number of nitrogens with two attached hydrogens (primary N) is 1. The first kappa shape index (κ1) is 12.5. The number of benzene rings is 1. The van der Waals surface area contributed by atoms with E-state index in [1.807, 2.05) is 0 Å². The molecule has 5 nitrogen and oxygen atoms in total. The van der Waals surface area contributed by atoms with E-state index in [1.54, 1.807) is 13.0 Å². The molecular weight excluding hydrogens is 230 g/mol. The fraction of sp³-hybridized carbons (Fsp3) is 0.300. The number of nitrogen functional groups attached to an aromatic ring is 1. The highest BCUT2D eigenvalue weighted by Crippen LogP contribution is 2.14. The second kappa shape index (κ2) is 4.98. The second-order valence-corrected chi connectivity index (χ2v) is 5.13. The van der Waals surface area contributed by atoms with Gasteiger partial charge in [-0.3, -0.25) is 4.79 Å². The van der Waals surface area contributed by atoms with E-state index in [2.05, 4.69) is 4.74 Å². The third kappa shape index (κ3) is 3.23. The predicted molar refractivity (Wildman–Crippen MR) is 59.5 cm³/mol. The summed E-state index contributed by atoms with van der Waals surface area (Å²) in [5.41, 5.74) is 5.80. The van der Waals surface area contributed by atoms with Gasteiger partial charge in [-0.15, -0.1) is 0 Å². The van der Waals surface area contributed by atoms with E-state index < -0.39 is 21.6 Å². The van der Waals surface area contributed by atoms with Gasteiger partial charge in [0.1, 0.15) is 0 Å². The number of anilines is 1. The lowest BCUT2D eigenvalue weighted by atomic mass is 10.3. The van der Waals surface area contributed by atoms with Crippen LogP contribution in [0.3, 0.4) is 0 Å². The summed E-state index contributed by atoms with van der Waals surface area (Å²) in [6, 6.07) is 5.80. The van der Waals surface area contributed by atoms with Crippen LogP contribution in [0.4, 0.5) is 5.69 Å². The van der Waals surface area contributed by atoms with Gasteiger partial charge in [0.25, 0.3) is 0 Å². The molecule has 0 saturated carbocycles. The maximum Gasteiger partial charge on any atom is 0.321 e. The van der Waals surface area contributed by atoms with Crippen molar-refractivity contribution < 1.29 is 17.9 Å². The number of rotatable bonds is 4. The van der Waals surface area contributed by atoms with Crippen molar-refractivity contribution in [1.82, 2.24) is 0 Å². The van der Waals surface area contributed by atoms with Crippen molar-refractivity contribution in [2.45, 2.75) is 11.8 Å². The largest absolute Gasteiger partial charge is 0.465 e. The summed E-state index contributed by atoms with van der Waals surface area (Å²) in [4.78, 5) is 11.1. The minimum absolute atomic E-state index is 0.0283. The van der Waals surface area contributed by atoms with Crippen LogP contribution in [0, 0.1) is 0 Å². The lowest BCUT2D eigenvalue weighted by Crippen LogP contribution is -2.18. The van der Waals surface area contributed by atoms with Gasteiger partial charge in [-0.25, -0.2) is 8.42 Å². The van der Waals surface area contributed by atoms with Crippen molar-refractivity contribution in [1.29, 1.82) is 0 Å². The van der Waals surface area contributed by atoms with Crippen LogP contribution in [-0.4, -0.2) is 26.7 Å². The molecule has 1 rings (SSSR count). The first-order chi connectivity index (χ1) is 7.45. The number of sulfone groups is 1. The molecule has 0 aromatic heterocycles. The quantitative estimate of drug-likeness (QED) is 0.618. The average Bonchev–Trinajstić information content (AvgIpc) is 2.17. The van der Waals surface area contributed by atoms with Crippen LogP contribution in [0.2, 0.25) is 0 Å². The standard InChI is InChI=1S/C10H13NO4S/c1-2-15-10(12)7-16(13,14)9-5-3-4-8(11)6-9/h3-6H,2,7,11H2,1H3. The van der Waals surface area contributed by atoms with Gasteiger partial charge < -0.3 is 10.5 Å². The van der Waals surface area contributed by atoms with Crippen LogP contribution in [0.1, 0.15) is 6.92 Å². The topological polar surface area (TPSA) is 86.5 Å². The van der Waals surface area contributed by atoms with Crippen LogP contribution < -0.4 is 5.73 Å².